The number of hydrogen-bond acceptors (Lipinski definition) is 2. The third kappa shape index (κ3) is 0.944. The van der Waals surface area contributed by atoms with Crippen LogP contribution in [0.3, 0.4) is 0 Å². The van der Waals surface area contributed by atoms with Gasteiger partial charge in [-0.1, -0.05) is 6.92 Å². The molecule has 0 aromatic carbocycles. The lowest BCUT2D eigenvalue weighted by atomic mass is 9.80. The van der Waals surface area contributed by atoms with E-state index in [2.05, 4.69) is 6.92 Å². The Labute approximate surface area is 72.3 Å². The molecule has 2 aliphatic rings. The van der Waals surface area contributed by atoms with Gasteiger partial charge in [-0.05, 0) is 36.8 Å². The first-order valence-electron chi connectivity index (χ1n) is 4.59. The lowest BCUT2D eigenvalue weighted by Crippen LogP contribution is -2.36. The molecule has 0 aromatic rings. The molecule has 66 valence electrons. The predicted octanol–water partition coefficient (Wildman–Crippen LogP) is 1.44. The molecule has 0 saturated heterocycles. The number of ketones is 1. The van der Waals surface area contributed by atoms with E-state index in [0.717, 1.165) is 18.4 Å². The number of carbonyl (C=O) groups is 1. The third-order valence-corrected chi connectivity index (χ3v) is 3.31. The molecule has 2 aliphatic carbocycles. The first-order chi connectivity index (χ1) is 5.63. The van der Waals surface area contributed by atoms with Crippen LogP contribution in [0.2, 0.25) is 0 Å². The molecular formula is C10H14O2. The van der Waals surface area contributed by atoms with Crippen molar-refractivity contribution in [3.05, 3.63) is 11.6 Å². The van der Waals surface area contributed by atoms with Crippen molar-refractivity contribution in [1.29, 1.82) is 0 Å². The number of carbonyl (C=O) groups excluding carboxylic acids is 1. The van der Waals surface area contributed by atoms with Crippen LogP contribution < -0.4 is 0 Å². The van der Waals surface area contributed by atoms with Gasteiger partial charge in [-0.2, -0.15) is 0 Å². The Morgan fingerprint density at radius 3 is 3.08 bits per heavy atom. The molecule has 0 heterocycles. The third-order valence-electron chi connectivity index (χ3n) is 3.31. The van der Waals surface area contributed by atoms with Crippen LogP contribution in [-0.2, 0) is 4.79 Å². The van der Waals surface area contributed by atoms with Crippen molar-refractivity contribution in [2.45, 2.75) is 38.2 Å². The lowest BCUT2D eigenvalue weighted by Gasteiger charge is -2.31. The van der Waals surface area contributed by atoms with E-state index in [0.29, 0.717) is 18.8 Å². The normalized spacial score (nSPS) is 41.0. The molecule has 2 unspecified atom stereocenters. The summed E-state index contributed by atoms with van der Waals surface area (Å²) in [6.07, 6.45) is 4.75. The zero-order valence-electron chi connectivity index (χ0n) is 7.34. The van der Waals surface area contributed by atoms with E-state index >= 15 is 0 Å². The fraction of sp³-hybridized carbons (Fsp3) is 0.700. The van der Waals surface area contributed by atoms with Gasteiger partial charge < -0.3 is 5.11 Å². The molecule has 2 heteroatoms. The summed E-state index contributed by atoms with van der Waals surface area (Å²) in [5, 5.41) is 10.2. The summed E-state index contributed by atoms with van der Waals surface area (Å²) in [5.41, 5.74) is 0.347. The van der Waals surface area contributed by atoms with Crippen molar-refractivity contribution in [3.63, 3.8) is 0 Å². The van der Waals surface area contributed by atoms with Crippen molar-refractivity contribution >= 4 is 5.78 Å². The second-order valence-electron chi connectivity index (χ2n) is 4.00. The SMILES string of the molecule is CC1CCC2=CC(=O)CCC21O. The van der Waals surface area contributed by atoms with Crippen LogP contribution in [0, 0.1) is 5.92 Å². The maximum absolute atomic E-state index is 11.1. The zero-order valence-corrected chi connectivity index (χ0v) is 7.34. The van der Waals surface area contributed by atoms with Crippen molar-refractivity contribution in [2.75, 3.05) is 0 Å². The molecule has 0 spiro atoms. The number of allylic oxidation sites excluding steroid dienone is 1. The van der Waals surface area contributed by atoms with E-state index in [1.54, 1.807) is 6.08 Å². The Hall–Kier alpha value is -0.630. The highest BCUT2D eigenvalue weighted by molar-refractivity contribution is 5.92. The first-order valence-corrected chi connectivity index (χ1v) is 4.59. The Morgan fingerprint density at radius 1 is 1.58 bits per heavy atom. The largest absolute Gasteiger partial charge is 0.385 e. The van der Waals surface area contributed by atoms with Crippen molar-refractivity contribution in [2.24, 2.45) is 5.92 Å². The van der Waals surface area contributed by atoms with Gasteiger partial charge in [0.1, 0.15) is 0 Å². The number of aliphatic hydroxyl groups is 1. The minimum absolute atomic E-state index is 0.184. The topological polar surface area (TPSA) is 37.3 Å². The van der Waals surface area contributed by atoms with E-state index in [1.165, 1.54) is 0 Å². The summed E-state index contributed by atoms with van der Waals surface area (Å²) >= 11 is 0. The molecule has 12 heavy (non-hydrogen) atoms. The molecule has 1 fully saturated rings. The Kier molecular flexibility index (Phi) is 1.62. The molecule has 0 aliphatic heterocycles. The minimum Gasteiger partial charge on any atom is -0.385 e. The van der Waals surface area contributed by atoms with E-state index in [4.69, 9.17) is 0 Å². The van der Waals surface area contributed by atoms with Crippen LogP contribution in [0.15, 0.2) is 11.6 Å². The Balaban J connectivity index is 2.37. The summed E-state index contributed by atoms with van der Waals surface area (Å²) in [7, 11) is 0. The number of rotatable bonds is 0. The average Bonchev–Trinajstić information content (AvgIpc) is 2.31. The summed E-state index contributed by atoms with van der Waals surface area (Å²) in [6, 6.07) is 0. The molecular weight excluding hydrogens is 152 g/mol. The molecule has 0 radical (unpaired) electrons. The highest BCUT2D eigenvalue weighted by Crippen LogP contribution is 2.45. The van der Waals surface area contributed by atoms with E-state index in [1.807, 2.05) is 0 Å². The van der Waals surface area contributed by atoms with Crippen LogP contribution in [0.1, 0.15) is 32.6 Å². The van der Waals surface area contributed by atoms with Crippen molar-refractivity contribution < 1.29 is 9.90 Å². The molecule has 0 bridgehead atoms. The van der Waals surface area contributed by atoms with Crippen LogP contribution in [-0.4, -0.2) is 16.5 Å². The summed E-state index contributed by atoms with van der Waals surface area (Å²) < 4.78 is 0. The highest BCUT2D eigenvalue weighted by Gasteiger charge is 2.44. The molecule has 1 saturated carbocycles. The Morgan fingerprint density at radius 2 is 2.33 bits per heavy atom. The molecule has 0 aromatic heterocycles. The molecule has 2 atom stereocenters. The smallest absolute Gasteiger partial charge is 0.155 e. The average molecular weight is 166 g/mol. The van der Waals surface area contributed by atoms with Gasteiger partial charge in [0, 0.05) is 6.42 Å². The van der Waals surface area contributed by atoms with E-state index in [9.17, 15) is 9.90 Å². The minimum atomic E-state index is -0.631. The maximum atomic E-state index is 11.1. The van der Waals surface area contributed by atoms with Gasteiger partial charge in [0.15, 0.2) is 5.78 Å². The molecule has 1 N–H and O–H groups in total. The van der Waals surface area contributed by atoms with Gasteiger partial charge in [0.25, 0.3) is 0 Å². The molecule has 0 amide bonds. The van der Waals surface area contributed by atoms with Crippen LogP contribution in [0.25, 0.3) is 0 Å². The van der Waals surface area contributed by atoms with Crippen LogP contribution in [0.4, 0.5) is 0 Å². The first kappa shape index (κ1) is 7.99. The second-order valence-corrected chi connectivity index (χ2v) is 4.00. The molecule has 2 rings (SSSR count). The van der Waals surface area contributed by atoms with Crippen LogP contribution >= 0.6 is 0 Å². The monoisotopic (exact) mass is 166 g/mol. The molecule has 2 nitrogen and oxygen atoms in total. The van der Waals surface area contributed by atoms with Crippen molar-refractivity contribution in [3.8, 4) is 0 Å². The fourth-order valence-corrected chi connectivity index (χ4v) is 2.33. The van der Waals surface area contributed by atoms with E-state index < -0.39 is 5.60 Å². The predicted molar refractivity (Wildman–Crippen MR) is 45.7 cm³/mol. The number of fused-ring (bicyclic) bond motifs is 1. The lowest BCUT2D eigenvalue weighted by molar-refractivity contribution is -0.117. The summed E-state index contributed by atoms with van der Waals surface area (Å²) in [4.78, 5) is 11.1. The van der Waals surface area contributed by atoms with Gasteiger partial charge >= 0.3 is 0 Å². The van der Waals surface area contributed by atoms with Gasteiger partial charge in [-0.15, -0.1) is 0 Å². The van der Waals surface area contributed by atoms with E-state index in [-0.39, 0.29) is 5.78 Å². The quantitative estimate of drug-likeness (QED) is 0.591. The summed E-state index contributed by atoms with van der Waals surface area (Å²) in [5.74, 6) is 0.514. The summed E-state index contributed by atoms with van der Waals surface area (Å²) in [6.45, 7) is 2.07. The van der Waals surface area contributed by atoms with Gasteiger partial charge in [-0.3, -0.25) is 4.79 Å². The van der Waals surface area contributed by atoms with Gasteiger partial charge in [0.05, 0.1) is 5.60 Å². The zero-order chi connectivity index (χ0) is 8.77. The van der Waals surface area contributed by atoms with Gasteiger partial charge in [0.2, 0.25) is 0 Å². The van der Waals surface area contributed by atoms with Crippen molar-refractivity contribution in [1.82, 2.24) is 0 Å². The Bertz CT molecular complexity index is 255. The highest BCUT2D eigenvalue weighted by atomic mass is 16.3. The van der Waals surface area contributed by atoms with Gasteiger partial charge in [-0.25, -0.2) is 0 Å². The second kappa shape index (κ2) is 2.43. The number of hydrogen-bond donors (Lipinski definition) is 1. The van der Waals surface area contributed by atoms with Crippen LogP contribution in [0.5, 0.6) is 0 Å². The fourth-order valence-electron chi connectivity index (χ4n) is 2.33. The maximum Gasteiger partial charge on any atom is 0.155 e. The standard InChI is InChI=1S/C10H14O2/c1-7-2-3-8-6-9(11)4-5-10(7,8)12/h6-7,12H,2-5H2,1H3.